The molecule has 0 spiro atoms. The van der Waals surface area contributed by atoms with Crippen molar-refractivity contribution in [2.75, 3.05) is 13.2 Å². The number of hydrogen-bond donors (Lipinski definition) is 4. The lowest BCUT2D eigenvalue weighted by molar-refractivity contribution is -0.161. The average Bonchev–Trinajstić information content (AvgIpc) is 3.10. The second-order valence-corrected chi connectivity index (χ2v) is 14.4. The van der Waals surface area contributed by atoms with E-state index < -0.39 is 37.0 Å². The van der Waals surface area contributed by atoms with Gasteiger partial charge < -0.3 is 29.9 Å². The van der Waals surface area contributed by atoms with Crippen LogP contribution in [0.2, 0.25) is 0 Å². The Kier molecular flexibility index (Phi) is 34.5. The second kappa shape index (κ2) is 36.1. The first kappa shape index (κ1) is 48.7. The van der Waals surface area contributed by atoms with Crippen LogP contribution in [0.15, 0.2) is 48.6 Å². The average molecular weight is 721 g/mol. The summed E-state index contributed by atoms with van der Waals surface area (Å²) in [5.41, 5.74) is 0. The number of carbonyl (C=O) groups is 2. The van der Waals surface area contributed by atoms with Gasteiger partial charge in [-0.1, -0.05) is 179 Å². The van der Waals surface area contributed by atoms with Crippen molar-refractivity contribution in [1.82, 2.24) is 0 Å². The topological polar surface area (TPSA) is 134 Å². The molecule has 0 saturated heterocycles. The third-order valence-electron chi connectivity index (χ3n) is 8.92. The molecule has 8 heteroatoms. The lowest BCUT2D eigenvalue weighted by Crippen LogP contribution is -2.29. The molecule has 4 atom stereocenters. The molecule has 0 aliphatic carbocycles. The number of hydrogen-bond acceptors (Lipinski definition) is 8. The highest BCUT2D eigenvalue weighted by atomic mass is 16.6. The molecule has 0 heterocycles. The first-order valence-electron chi connectivity index (χ1n) is 20.4. The predicted molar refractivity (Wildman–Crippen MR) is 209 cm³/mol. The van der Waals surface area contributed by atoms with Crippen molar-refractivity contribution in [3.8, 4) is 0 Å². The molecule has 51 heavy (non-hydrogen) atoms. The van der Waals surface area contributed by atoms with Crippen molar-refractivity contribution >= 4 is 11.9 Å². The van der Waals surface area contributed by atoms with Crippen molar-refractivity contribution in [3.63, 3.8) is 0 Å². The Morgan fingerprint density at radius 3 is 1.61 bits per heavy atom. The monoisotopic (exact) mass is 721 g/mol. The van der Waals surface area contributed by atoms with Crippen molar-refractivity contribution in [2.45, 2.75) is 193 Å². The van der Waals surface area contributed by atoms with Gasteiger partial charge in [0.25, 0.3) is 0 Å². The Balaban J connectivity index is 3.88. The predicted octanol–water partition coefficient (Wildman–Crippen LogP) is 9.39. The van der Waals surface area contributed by atoms with Crippen LogP contribution in [0.1, 0.15) is 168 Å². The minimum Gasteiger partial charge on any atom is -0.462 e. The Morgan fingerprint density at radius 1 is 0.569 bits per heavy atom. The molecular formula is C43H76O8. The summed E-state index contributed by atoms with van der Waals surface area (Å²) in [4.78, 5) is 24.3. The van der Waals surface area contributed by atoms with Gasteiger partial charge in [0.2, 0.25) is 0 Å². The number of aliphatic hydroxyl groups is 4. The summed E-state index contributed by atoms with van der Waals surface area (Å²) < 4.78 is 10.4. The minimum atomic E-state index is -1.09. The third kappa shape index (κ3) is 34.6. The van der Waals surface area contributed by atoms with E-state index in [0.717, 1.165) is 50.9 Å². The highest BCUT2D eigenvalue weighted by Gasteiger charge is 2.18. The van der Waals surface area contributed by atoms with Gasteiger partial charge in [-0.2, -0.15) is 0 Å². The maximum Gasteiger partial charge on any atom is 0.306 e. The molecule has 8 nitrogen and oxygen atoms in total. The third-order valence-corrected chi connectivity index (χ3v) is 8.92. The van der Waals surface area contributed by atoms with Crippen LogP contribution in [0.4, 0.5) is 0 Å². The molecule has 0 amide bonds. The summed E-state index contributed by atoms with van der Waals surface area (Å²) in [6.07, 6.45) is 34.0. The number of ether oxygens (including phenoxy) is 2. The lowest BCUT2D eigenvalue weighted by Gasteiger charge is -2.17. The highest BCUT2D eigenvalue weighted by molar-refractivity contribution is 5.70. The molecule has 0 aromatic heterocycles. The zero-order valence-electron chi connectivity index (χ0n) is 32.6. The molecule has 0 aliphatic heterocycles. The van der Waals surface area contributed by atoms with Crippen LogP contribution in [0.5, 0.6) is 0 Å². The summed E-state index contributed by atoms with van der Waals surface area (Å²) in [6.45, 7) is 6.09. The van der Waals surface area contributed by atoms with E-state index in [1.54, 1.807) is 36.5 Å². The van der Waals surface area contributed by atoms with Crippen LogP contribution in [-0.4, -0.2) is 70.0 Å². The quantitative estimate of drug-likeness (QED) is 0.0289. The molecule has 0 rings (SSSR count). The number of aliphatic hydroxyl groups excluding tert-OH is 4. The van der Waals surface area contributed by atoms with Gasteiger partial charge >= 0.3 is 11.9 Å². The van der Waals surface area contributed by atoms with Gasteiger partial charge in [-0.25, -0.2) is 0 Å². The number of unbranched alkanes of at least 4 members (excludes halogenated alkanes) is 15. The number of carbonyl (C=O) groups excluding carboxylic acids is 2. The first-order valence-corrected chi connectivity index (χ1v) is 20.4. The molecule has 0 unspecified atom stereocenters. The zero-order valence-corrected chi connectivity index (χ0v) is 32.6. The van der Waals surface area contributed by atoms with Gasteiger partial charge in [-0.05, 0) is 31.6 Å². The molecule has 0 aliphatic rings. The normalized spacial score (nSPS) is 14.7. The van der Waals surface area contributed by atoms with E-state index in [0.29, 0.717) is 6.42 Å². The Bertz CT molecular complexity index is 925. The van der Waals surface area contributed by atoms with E-state index >= 15 is 0 Å². The fourth-order valence-corrected chi connectivity index (χ4v) is 5.65. The number of rotatable bonds is 35. The molecule has 0 fully saturated rings. The standard InChI is InChI=1S/C43H76O8/c1-4-5-22-29-38(45)30-24-19-16-17-20-25-31-40(46)41(47)32-27-34-43(49)51-39(35-44)36-50-42(48)33-26-21-15-13-11-9-7-6-8-10-12-14-18-23-28-37(2)3/h16-17,19-20,24-25,30-31,37-41,44-47H,4-15,18,21-23,26-29,32-36H2,1-3H3/b19-16-,20-17+,30-24+,31-25+/t38-,39-,40-,41-/m0/s1. The largest absolute Gasteiger partial charge is 0.462 e. The van der Waals surface area contributed by atoms with Crippen LogP contribution < -0.4 is 0 Å². The molecule has 0 radical (unpaired) electrons. The molecular weight excluding hydrogens is 644 g/mol. The summed E-state index contributed by atoms with van der Waals surface area (Å²) in [5.74, 6) is -0.0858. The molecule has 0 aromatic rings. The van der Waals surface area contributed by atoms with Gasteiger partial charge in [-0.3, -0.25) is 9.59 Å². The van der Waals surface area contributed by atoms with Crippen LogP contribution in [0.25, 0.3) is 0 Å². The number of allylic oxidation sites excluding steroid dienone is 6. The summed E-state index contributed by atoms with van der Waals surface area (Å²) in [7, 11) is 0. The van der Waals surface area contributed by atoms with Crippen molar-refractivity contribution in [1.29, 1.82) is 0 Å². The Labute approximate surface area is 311 Å². The van der Waals surface area contributed by atoms with Crippen LogP contribution in [-0.2, 0) is 19.1 Å². The Morgan fingerprint density at radius 2 is 1.06 bits per heavy atom. The second-order valence-electron chi connectivity index (χ2n) is 14.4. The van der Waals surface area contributed by atoms with Gasteiger partial charge in [0, 0.05) is 12.8 Å². The number of esters is 2. The van der Waals surface area contributed by atoms with E-state index in [9.17, 15) is 30.0 Å². The fourth-order valence-electron chi connectivity index (χ4n) is 5.65. The van der Waals surface area contributed by atoms with E-state index in [1.807, 2.05) is 6.08 Å². The Hall–Kier alpha value is -2.26. The van der Waals surface area contributed by atoms with Gasteiger partial charge in [-0.15, -0.1) is 0 Å². The maximum absolute atomic E-state index is 12.2. The van der Waals surface area contributed by atoms with Gasteiger partial charge in [0.05, 0.1) is 24.9 Å². The highest BCUT2D eigenvalue weighted by Crippen LogP contribution is 2.15. The fraction of sp³-hybridized carbons (Fsp3) is 0.767. The van der Waals surface area contributed by atoms with Crippen molar-refractivity contribution < 1.29 is 39.5 Å². The first-order chi connectivity index (χ1) is 24.7. The van der Waals surface area contributed by atoms with E-state index in [2.05, 4.69) is 20.8 Å². The molecule has 0 aromatic carbocycles. The molecule has 4 N–H and O–H groups in total. The summed E-state index contributed by atoms with van der Waals surface area (Å²) in [5, 5.41) is 39.7. The lowest BCUT2D eigenvalue weighted by atomic mass is 10.0. The van der Waals surface area contributed by atoms with Crippen LogP contribution >= 0.6 is 0 Å². The molecule has 296 valence electrons. The van der Waals surface area contributed by atoms with Crippen molar-refractivity contribution in [3.05, 3.63) is 48.6 Å². The van der Waals surface area contributed by atoms with E-state index in [1.165, 1.54) is 83.1 Å². The summed E-state index contributed by atoms with van der Waals surface area (Å²) in [6, 6.07) is 0. The smallest absolute Gasteiger partial charge is 0.306 e. The van der Waals surface area contributed by atoms with Gasteiger partial charge in [0.1, 0.15) is 6.61 Å². The van der Waals surface area contributed by atoms with E-state index in [-0.39, 0.29) is 31.8 Å². The van der Waals surface area contributed by atoms with E-state index in [4.69, 9.17) is 9.47 Å². The van der Waals surface area contributed by atoms with Crippen molar-refractivity contribution in [2.24, 2.45) is 5.92 Å². The SMILES string of the molecule is CCCCC[C@H](O)/C=C/C=C\C=C\C=C\[C@H](O)[C@@H](O)CCCC(=O)O[C@@H](CO)COC(=O)CCCCCCCCCCCCCCCCC(C)C. The van der Waals surface area contributed by atoms with Crippen LogP contribution in [0, 0.1) is 5.92 Å². The van der Waals surface area contributed by atoms with Crippen LogP contribution in [0.3, 0.4) is 0 Å². The minimum absolute atomic E-state index is 0.00212. The molecule has 0 bridgehead atoms. The summed E-state index contributed by atoms with van der Waals surface area (Å²) >= 11 is 0. The van der Waals surface area contributed by atoms with Gasteiger partial charge in [0.15, 0.2) is 6.10 Å². The maximum atomic E-state index is 12.2. The molecule has 0 saturated carbocycles. The zero-order chi connectivity index (χ0) is 37.8.